The summed E-state index contributed by atoms with van der Waals surface area (Å²) < 4.78 is 0. The third-order valence-electron chi connectivity index (χ3n) is 4.26. The summed E-state index contributed by atoms with van der Waals surface area (Å²) in [7, 11) is 0. The van der Waals surface area contributed by atoms with Gasteiger partial charge in [0.05, 0.1) is 0 Å². The van der Waals surface area contributed by atoms with E-state index < -0.39 is 0 Å². The van der Waals surface area contributed by atoms with E-state index in [0.29, 0.717) is 12.1 Å². The first-order valence-electron chi connectivity index (χ1n) is 8.11. The molecule has 0 bridgehead atoms. The Morgan fingerprint density at radius 1 is 1.00 bits per heavy atom. The molecule has 2 heteroatoms. The lowest BCUT2D eigenvalue weighted by Gasteiger charge is -2.31. The van der Waals surface area contributed by atoms with Crippen molar-refractivity contribution in [2.24, 2.45) is 0 Å². The van der Waals surface area contributed by atoms with Crippen LogP contribution in [0, 0.1) is 13.8 Å². The van der Waals surface area contributed by atoms with Gasteiger partial charge in [-0.15, -0.1) is 0 Å². The number of hydrogen-bond donors (Lipinski definition) is 1. The standard InChI is InChI=1S/C18H30N2/c1-14-10-15(2)12-18(11-14)17(4)19-16(3)13-20-8-6-5-7-9-20/h10-12,16-17,19H,5-9,13H2,1-4H3. The summed E-state index contributed by atoms with van der Waals surface area (Å²) in [5, 5.41) is 3.76. The number of aryl methyl sites for hydroxylation is 2. The van der Waals surface area contributed by atoms with Crippen LogP contribution in [0.25, 0.3) is 0 Å². The molecule has 0 aliphatic carbocycles. The van der Waals surface area contributed by atoms with E-state index in [1.165, 1.54) is 55.6 Å². The normalized spacial score (nSPS) is 19.8. The molecule has 0 spiro atoms. The number of likely N-dealkylation sites (tertiary alicyclic amines) is 1. The molecule has 1 fully saturated rings. The van der Waals surface area contributed by atoms with Crippen molar-refractivity contribution in [1.29, 1.82) is 0 Å². The third kappa shape index (κ3) is 4.60. The molecule has 1 aliphatic rings. The van der Waals surface area contributed by atoms with Crippen LogP contribution < -0.4 is 5.32 Å². The molecule has 1 N–H and O–H groups in total. The van der Waals surface area contributed by atoms with Crippen molar-refractivity contribution >= 4 is 0 Å². The van der Waals surface area contributed by atoms with Gasteiger partial charge in [-0.2, -0.15) is 0 Å². The smallest absolute Gasteiger partial charge is 0.0294 e. The van der Waals surface area contributed by atoms with Gasteiger partial charge in [0.25, 0.3) is 0 Å². The van der Waals surface area contributed by atoms with Crippen LogP contribution in [-0.2, 0) is 0 Å². The largest absolute Gasteiger partial charge is 0.306 e. The summed E-state index contributed by atoms with van der Waals surface area (Å²) in [6.45, 7) is 12.7. The van der Waals surface area contributed by atoms with E-state index in [4.69, 9.17) is 0 Å². The summed E-state index contributed by atoms with van der Waals surface area (Å²) in [5.74, 6) is 0. The Bertz CT molecular complexity index is 401. The van der Waals surface area contributed by atoms with Crippen LogP contribution in [0.2, 0.25) is 0 Å². The predicted molar refractivity (Wildman–Crippen MR) is 87.2 cm³/mol. The Balaban J connectivity index is 1.87. The molecule has 20 heavy (non-hydrogen) atoms. The first-order valence-corrected chi connectivity index (χ1v) is 8.11. The summed E-state index contributed by atoms with van der Waals surface area (Å²) >= 11 is 0. The van der Waals surface area contributed by atoms with Crippen LogP contribution >= 0.6 is 0 Å². The van der Waals surface area contributed by atoms with E-state index in [2.05, 4.69) is 56.1 Å². The van der Waals surface area contributed by atoms with Crippen LogP contribution in [0.15, 0.2) is 18.2 Å². The predicted octanol–water partition coefficient (Wildman–Crippen LogP) is 3.83. The summed E-state index contributed by atoms with van der Waals surface area (Å²) in [4.78, 5) is 2.61. The maximum absolute atomic E-state index is 3.76. The molecule has 1 heterocycles. The zero-order valence-electron chi connectivity index (χ0n) is 13.6. The van der Waals surface area contributed by atoms with Crippen molar-refractivity contribution < 1.29 is 0 Å². The van der Waals surface area contributed by atoms with Gasteiger partial charge < -0.3 is 10.2 Å². The van der Waals surface area contributed by atoms with Crippen LogP contribution in [0.4, 0.5) is 0 Å². The maximum Gasteiger partial charge on any atom is 0.0294 e. The Hall–Kier alpha value is -0.860. The van der Waals surface area contributed by atoms with Gasteiger partial charge in [0.15, 0.2) is 0 Å². The lowest BCUT2D eigenvalue weighted by atomic mass is 10.0. The van der Waals surface area contributed by atoms with Gasteiger partial charge in [0.2, 0.25) is 0 Å². The van der Waals surface area contributed by atoms with Crippen molar-refractivity contribution in [2.45, 2.75) is 59.0 Å². The highest BCUT2D eigenvalue weighted by Crippen LogP contribution is 2.17. The highest BCUT2D eigenvalue weighted by Gasteiger charge is 2.15. The second kappa shape index (κ2) is 7.24. The quantitative estimate of drug-likeness (QED) is 0.878. The first kappa shape index (κ1) is 15.5. The molecule has 2 nitrogen and oxygen atoms in total. The number of nitrogens with one attached hydrogen (secondary N) is 1. The third-order valence-corrected chi connectivity index (χ3v) is 4.26. The van der Waals surface area contributed by atoms with Crippen LogP contribution in [0.1, 0.15) is 55.8 Å². The fourth-order valence-corrected chi connectivity index (χ4v) is 3.36. The molecule has 0 radical (unpaired) electrons. The van der Waals surface area contributed by atoms with Crippen LogP contribution in [-0.4, -0.2) is 30.6 Å². The molecular formula is C18H30N2. The molecule has 1 aliphatic heterocycles. The number of rotatable bonds is 5. The van der Waals surface area contributed by atoms with Crippen LogP contribution in [0.3, 0.4) is 0 Å². The summed E-state index contributed by atoms with van der Waals surface area (Å²) in [6, 6.07) is 7.82. The number of benzene rings is 1. The van der Waals surface area contributed by atoms with Gasteiger partial charge in [0, 0.05) is 18.6 Å². The molecule has 0 saturated carbocycles. The lowest BCUT2D eigenvalue weighted by Crippen LogP contribution is -2.42. The first-order chi connectivity index (χ1) is 9.54. The maximum atomic E-state index is 3.76. The van der Waals surface area contributed by atoms with Crippen LogP contribution in [0.5, 0.6) is 0 Å². The van der Waals surface area contributed by atoms with Gasteiger partial charge >= 0.3 is 0 Å². The Labute approximate surface area is 124 Å². The minimum atomic E-state index is 0.424. The average molecular weight is 274 g/mol. The minimum Gasteiger partial charge on any atom is -0.306 e. The Morgan fingerprint density at radius 3 is 2.20 bits per heavy atom. The fraction of sp³-hybridized carbons (Fsp3) is 0.667. The molecule has 0 amide bonds. The van der Waals surface area contributed by atoms with E-state index in [-0.39, 0.29) is 0 Å². The van der Waals surface area contributed by atoms with Gasteiger partial charge in [0.1, 0.15) is 0 Å². The monoisotopic (exact) mass is 274 g/mol. The SMILES string of the molecule is Cc1cc(C)cc(C(C)NC(C)CN2CCCCC2)c1. The van der Waals surface area contributed by atoms with Gasteiger partial charge in [-0.25, -0.2) is 0 Å². The van der Waals surface area contributed by atoms with Crippen molar-refractivity contribution in [3.05, 3.63) is 34.9 Å². The average Bonchev–Trinajstić information content (AvgIpc) is 2.38. The van der Waals surface area contributed by atoms with Gasteiger partial charge in [-0.05, 0) is 59.2 Å². The molecule has 0 aromatic heterocycles. The molecule has 112 valence electrons. The minimum absolute atomic E-state index is 0.424. The van der Waals surface area contributed by atoms with Crippen molar-refractivity contribution in [2.75, 3.05) is 19.6 Å². The number of hydrogen-bond acceptors (Lipinski definition) is 2. The van der Waals surface area contributed by atoms with Gasteiger partial charge in [-0.1, -0.05) is 35.7 Å². The summed E-state index contributed by atoms with van der Waals surface area (Å²) in [6.07, 6.45) is 4.16. The van der Waals surface area contributed by atoms with E-state index >= 15 is 0 Å². The Kier molecular flexibility index (Phi) is 5.62. The highest BCUT2D eigenvalue weighted by molar-refractivity contribution is 5.30. The second-order valence-corrected chi connectivity index (χ2v) is 6.57. The second-order valence-electron chi connectivity index (χ2n) is 6.57. The van der Waals surface area contributed by atoms with E-state index in [9.17, 15) is 0 Å². The van der Waals surface area contributed by atoms with E-state index in [0.717, 1.165) is 0 Å². The highest BCUT2D eigenvalue weighted by atomic mass is 15.2. The molecule has 2 rings (SSSR count). The van der Waals surface area contributed by atoms with Gasteiger partial charge in [-0.3, -0.25) is 0 Å². The Morgan fingerprint density at radius 2 is 1.60 bits per heavy atom. The number of piperidine rings is 1. The van der Waals surface area contributed by atoms with Crippen molar-refractivity contribution in [3.63, 3.8) is 0 Å². The fourth-order valence-electron chi connectivity index (χ4n) is 3.36. The molecule has 1 saturated heterocycles. The lowest BCUT2D eigenvalue weighted by molar-refractivity contribution is 0.205. The van der Waals surface area contributed by atoms with Crippen molar-refractivity contribution in [3.8, 4) is 0 Å². The molecule has 1 aromatic rings. The molecule has 2 unspecified atom stereocenters. The number of nitrogens with zero attached hydrogens (tertiary/aromatic N) is 1. The van der Waals surface area contributed by atoms with E-state index in [1.807, 2.05) is 0 Å². The topological polar surface area (TPSA) is 15.3 Å². The van der Waals surface area contributed by atoms with E-state index in [1.54, 1.807) is 0 Å². The van der Waals surface area contributed by atoms with Crippen molar-refractivity contribution in [1.82, 2.24) is 10.2 Å². The summed E-state index contributed by atoms with van der Waals surface area (Å²) in [5.41, 5.74) is 4.13. The zero-order valence-corrected chi connectivity index (χ0v) is 13.6. The molecule has 1 aromatic carbocycles. The zero-order chi connectivity index (χ0) is 14.5. The molecular weight excluding hydrogens is 244 g/mol. The molecule has 2 atom stereocenters.